The average Bonchev–Trinajstić information content (AvgIpc) is 2.82. The second-order valence-corrected chi connectivity index (χ2v) is 4.62. The minimum atomic E-state index is 0.0386. The zero-order valence-electron chi connectivity index (χ0n) is 9.35. The molecule has 3 N–H and O–H groups in total. The maximum atomic E-state index is 7.45. The highest BCUT2D eigenvalue weighted by Crippen LogP contribution is 2.18. The van der Waals surface area contributed by atoms with E-state index >= 15 is 0 Å². The Hall–Kier alpha value is -1.81. The van der Waals surface area contributed by atoms with Crippen molar-refractivity contribution in [2.24, 2.45) is 5.73 Å². The second kappa shape index (κ2) is 5.50. The topological polar surface area (TPSA) is 59.1 Å². The molecule has 0 unspecified atom stereocenters. The molecular weight excluding hydrogens is 232 g/mol. The first-order chi connectivity index (χ1) is 8.27. The largest absolute Gasteiger partial charge is 0.492 e. The van der Waals surface area contributed by atoms with Crippen molar-refractivity contribution in [3.63, 3.8) is 0 Å². The van der Waals surface area contributed by atoms with Gasteiger partial charge in [0.25, 0.3) is 0 Å². The molecule has 0 bridgehead atoms. The van der Waals surface area contributed by atoms with Gasteiger partial charge in [-0.15, -0.1) is 11.3 Å². The van der Waals surface area contributed by atoms with Crippen LogP contribution >= 0.6 is 11.3 Å². The van der Waals surface area contributed by atoms with E-state index < -0.39 is 0 Å². The van der Waals surface area contributed by atoms with E-state index in [1.807, 2.05) is 24.3 Å². The summed E-state index contributed by atoms with van der Waals surface area (Å²) in [6.45, 7) is 0.602. The van der Waals surface area contributed by atoms with E-state index in [0.29, 0.717) is 17.9 Å². The highest BCUT2D eigenvalue weighted by molar-refractivity contribution is 7.09. The fraction of sp³-hybridized carbons (Fsp3) is 0.154. The van der Waals surface area contributed by atoms with Gasteiger partial charge >= 0.3 is 0 Å². The number of thiophene rings is 1. The maximum Gasteiger partial charge on any atom is 0.130 e. The molecule has 0 atom stereocenters. The molecular formula is C13H14N2OS. The molecule has 0 aliphatic heterocycles. The Labute approximate surface area is 104 Å². The van der Waals surface area contributed by atoms with Crippen LogP contribution in [0.2, 0.25) is 0 Å². The molecule has 0 saturated carbocycles. The Balaban J connectivity index is 1.97. The van der Waals surface area contributed by atoms with Crippen LogP contribution in [0.25, 0.3) is 0 Å². The van der Waals surface area contributed by atoms with E-state index in [4.69, 9.17) is 15.9 Å². The van der Waals surface area contributed by atoms with E-state index in [0.717, 1.165) is 6.42 Å². The standard InChI is InChI=1S/C13H14N2OS/c14-13(15)11-5-1-2-6-12(11)16-8-7-10-4-3-9-17-10/h1-6,9H,7-8H2,(H3,14,15). The van der Waals surface area contributed by atoms with Crippen molar-refractivity contribution < 1.29 is 4.74 Å². The fourth-order valence-corrected chi connectivity index (χ4v) is 2.22. The molecule has 4 heteroatoms. The van der Waals surface area contributed by atoms with Gasteiger partial charge in [0.15, 0.2) is 0 Å². The lowest BCUT2D eigenvalue weighted by Crippen LogP contribution is -2.13. The van der Waals surface area contributed by atoms with Crippen molar-refractivity contribution in [3.05, 3.63) is 52.2 Å². The van der Waals surface area contributed by atoms with Gasteiger partial charge in [-0.05, 0) is 23.6 Å². The summed E-state index contributed by atoms with van der Waals surface area (Å²) in [5.74, 6) is 0.716. The first kappa shape index (κ1) is 11.7. The van der Waals surface area contributed by atoms with Crippen LogP contribution in [0.3, 0.4) is 0 Å². The van der Waals surface area contributed by atoms with E-state index in [2.05, 4.69) is 11.4 Å². The van der Waals surface area contributed by atoms with Gasteiger partial charge in [-0.1, -0.05) is 18.2 Å². The maximum absolute atomic E-state index is 7.45. The van der Waals surface area contributed by atoms with Gasteiger partial charge in [-0.25, -0.2) is 0 Å². The molecule has 1 aromatic heterocycles. The number of para-hydroxylation sites is 1. The molecule has 88 valence electrons. The van der Waals surface area contributed by atoms with Crippen LogP contribution < -0.4 is 10.5 Å². The first-order valence-electron chi connectivity index (χ1n) is 5.36. The summed E-state index contributed by atoms with van der Waals surface area (Å²) in [6.07, 6.45) is 0.879. The number of ether oxygens (including phenoxy) is 1. The molecule has 3 nitrogen and oxygen atoms in total. The fourth-order valence-electron chi connectivity index (χ4n) is 1.53. The monoisotopic (exact) mass is 246 g/mol. The van der Waals surface area contributed by atoms with E-state index in [1.54, 1.807) is 17.4 Å². The molecule has 0 saturated heterocycles. The molecule has 2 rings (SSSR count). The summed E-state index contributed by atoms with van der Waals surface area (Å²) in [5, 5.41) is 9.51. The number of hydrogen-bond acceptors (Lipinski definition) is 3. The minimum Gasteiger partial charge on any atom is -0.492 e. The van der Waals surface area contributed by atoms with Crippen LogP contribution in [-0.2, 0) is 6.42 Å². The number of nitrogens with one attached hydrogen (secondary N) is 1. The van der Waals surface area contributed by atoms with Crippen LogP contribution in [0, 0.1) is 5.41 Å². The Kier molecular flexibility index (Phi) is 3.77. The molecule has 0 aliphatic carbocycles. The van der Waals surface area contributed by atoms with Gasteiger partial charge in [-0.2, -0.15) is 0 Å². The second-order valence-electron chi connectivity index (χ2n) is 3.59. The summed E-state index contributed by atoms with van der Waals surface area (Å²) in [5.41, 5.74) is 6.14. The van der Waals surface area contributed by atoms with Gasteiger partial charge in [0.1, 0.15) is 11.6 Å². The number of rotatable bonds is 5. The zero-order valence-corrected chi connectivity index (χ0v) is 10.2. The summed E-state index contributed by atoms with van der Waals surface area (Å²) in [7, 11) is 0. The lowest BCUT2D eigenvalue weighted by atomic mass is 10.2. The van der Waals surface area contributed by atoms with Crippen molar-refractivity contribution in [1.82, 2.24) is 0 Å². The lowest BCUT2D eigenvalue weighted by molar-refractivity contribution is 0.322. The highest BCUT2D eigenvalue weighted by Gasteiger charge is 2.05. The van der Waals surface area contributed by atoms with E-state index in [1.165, 1.54) is 4.88 Å². The van der Waals surface area contributed by atoms with Crippen LogP contribution in [0.4, 0.5) is 0 Å². The summed E-state index contributed by atoms with van der Waals surface area (Å²) in [6, 6.07) is 11.5. The van der Waals surface area contributed by atoms with Crippen molar-refractivity contribution in [2.75, 3.05) is 6.61 Å². The van der Waals surface area contributed by atoms with Crippen LogP contribution in [-0.4, -0.2) is 12.4 Å². The number of nitrogen functional groups attached to an aromatic ring is 1. The van der Waals surface area contributed by atoms with Crippen molar-refractivity contribution in [2.45, 2.75) is 6.42 Å². The Morgan fingerprint density at radius 2 is 2.06 bits per heavy atom. The molecule has 0 fully saturated rings. The number of amidine groups is 1. The quantitative estimate of drug-likeness (QED) is 0.629. The highest BCUT2D eigenvalue weighted by atomic mass is 32.1. The van der Waals surface area contributed by atoms with Gasteiger partial charge in [0.2, 0.25) is 0 Å². The van der Waals surface area contributed by atoms with Crippen LogP contribution in [0.5, 0.6) is 5.75 Å². The third-order valence-electron chi connectivity index (χ3n) is 2.36. The lowest BCUT2D eigenvalue weighted by Gasteiger charge is -2.09. The Morgan fingerprint density at radius 3 is 2.76 bits per heavy atom. The third kappa shape index (κ3) is 3.07. The molecule has 0 spiro atoms. The summed E-state index contributed by atoms with van der Waals surface area (Å²) >= 11 is 1.72. The number of nitrogens with two attached hydrogens (primary N) is 1. The zero-order chi connectivity index (χ0) is 12.1. The van der Waals surface area contributed by atoms with Gasteiger partial charge < -0.3 is 10.5 Å². The predicted octanol–water partition coefficient (Wildman–Crippen LogP) is 2.65. The molecule has 1 heterocycles. The molecule has 0 radical (unpaired) electrons. The van der Waals surface area contributed by atoms with Gasteiger partial charge in [-0.3, -0.25) is 5.41 Å². The Morgan fingerprint density at radius 1 is 1.24 bits per heavy atom. The number of benzene rings is 1. The smallest absolute Gasteiger partial charge is 0.130 e. The predicted molar refractivity (Wildman–Crippen MR) is 71.0 cm³/mol. The van der Waals surface area contributed by atoms with Gasteiger partial charge in [0.05, 0.1) is 12.2 Å². The minimum absolute atomic E-state index is 0.0386. The van der Waals surface area contributed by atoms with Crippen molar-refractivity contribution >= 4 is 17.2 Å². The van der Waals surface area contributed by atoms with Crippen LogP contribution in [0.1, 0.15) is 10.4 Å². The Bertz CT molecular complexity index is 494. The van der Waals surface area contributed by atoms with E-state index in [9.17, 15) is 0 Å². The van der Waals surface area contributed by atoms with Crippen LogP contribution in [0.15, 0.2) is 41.8 Å². The average molecular weight is 246 g/mol. The summed E-state index contributed by atoms with van der Waals surface area (Å²) in [4.78, 5) is 1.30. The normalized spacial score (nSPS) is 10.1. The molecule has 1 aromatic carbocycles. The third-order valence-corrected chi connectivity index (χ3v) is 3.30. The molecule has 0 amide bonds. The van der Waals surface area contributed by atoms with Crippen molar-refractivity contribution in [1.29, 1.82) is 5.41 Å². The summed E-state index contributed by atoms with van der Waals surface area (Å²) < 4.78 is 5.66. The van der Waals surface area contributed by atoms with E-state index in [-0.39, 0.29) is 5.84 Å². The van der Waals surface area contributed by atoms with Gasteiger partial charge in [0, 0.05) is 11.3 Å². The molecule has 0 aliphatic rings. The first-order valence-corrected chi connectivity index (χ1v) is 6.24. The SMILES string of the molecule is N=C(N)c1ccccc1OCCc1cccs1. The van der Waals surface area contributed by atoms with Crippen molar-refractivity contribution in [3.8, 4) is 5.75 Å². The molecule has 17 heavy (non-hydrogen) atoms. The molecule has 2 aromatic rings. The number of hydrogen-bond donors (Lipinski definition) is 2.